The number of nitrogens with one attached hydrogen (secondary N) is 2. The van der Waals surface area contributed by atoms with Gasteiger partial charge in [-0.3, -0.25) is 4.79 Å². The number of ether oxygens (including phenoxy) is 1. The molecule has 1 aromatic carbocycles. The van der Waals surface area contributed by atoms with Gasteiger partial charge in [0, 0.05) is 30.4 Å². The third-order valence-electron chi connectivity index (χ3n) is 6.09. The van der Waals surface area contributed by atoms with Crippen LogP contribution in [0.1, 0.15) is 11.1 Å². The highest BCUT2D eigenvalue weighted by Gasteiger charge is 2.30. The summed E-state index contributed by atoms with van der Waals surface area (Å²) in [7, 11) is 0. The number of rotatable bonds is 5. The first kappa shape index (κ1) is 23.2. The van der Waals surface area contributed by atoms with Crippen molar-refractivity contribution < 1.29 is 13.9 Å². The predicted molar refractivity (Wildman–Crippen MR) is 137 cm³/mol. The number of aliphatic imine (C=N–C) groups is 1. The molecule has 0 saturated carbocycles. The Morgan fingerprint density at radius 3 is 2.84 bits per heavy atom. The molecule has 6 rings (SSSR count). The molecule has 1 amide bonds. The maximum Gasteiger partial charge on any atom is 0.317 e. The first-order valence-corrected chi connectivity index (χ1v) is 11.9. The highest BCUT2D eigenvalue weighted by atomic mass is 16.5. The Morgan fingerprint density at radius 1 is 1.18 bits per heavy atom. The Hall–Kier alpha value is -5.26. The zero-order valence-electron chi connectivity index (χ0n) is 20.0. The quantitative estimate of drug-likeness (QED) is 0.501. The zero-order valence-corrected chi connectivity index (χ0v) is 20.0. The molecular weight excluding hydrogens is 484 g/mol. The van der Waals surface area contributed by atoms with Gasteiger partial charge in [0.1, 0.15) is 11.8 Å². The normalized spacial score (nSPS) is 18.4. The molecule has 3 aliphatic rings. The van der Waals surface area contributed by atoms with Crippen molar-refractivity contribution >= 4 is 23.3 Å². The fourth-order valence-electron chi connectivity index (χ4n) is 4.28. The SMILES string of the molecule is N#Cc1cnc(-c2nnc(N[C@H]3N=C(c4ccccc4)C4=CC=C=C=C4NC3=O)o2)c(N2CCOCC2)c1. The highest BCUT2D eigenvalue weighted by molar-refractivity contribution is 6.17. The number of nitrogens with zero attached hydrogens (tertiary/aromatic N) is 6. The monoisotopic (exact) mass is 504 g/mol. The first-order chi connectivity index (χ1) is 18.7. The first-order valence-electron chi connectivity index (χ1n) is 11.9. The molecule has 11 nitrogen and oxygen atoms in total. The van der Waals surface area contributed by atoms with Crippen LogP contribution < -0.4 is 15.5 Å². The lowest BCUT2D eigenvalue weighted by Gasteiger charge is -2.29. The van der Waals surface area contributed by atoms with E-state index in [0.29, 0.717) is 54.7 Å². The maximum atomic E-state index is 13.1. The Bertz CT molecular complexity index is 1610. The summed E-state index contributed by atoms with van der Waals surface area (Å²) in [5, 5.41) is 23.4. The molecule has 38 heavy (non-hydrogen) atoms. The summed E-state index contributed by atoms with van der Waals surface area (Å²) in [6.45, 7) is 2.39. The van der Waals surface area contributed by atoms with Crippen molar-refractivity contribution in [2.45, 2.75) is 6.17 Å². The van der Waals surface area contributed by atoms with E-state index in [-0.39, 0.29) is 11.9 Å². The van der Waals surface area contributed by atoms with Gasteiger partial charge >= 0.3 is 6.01 Å². The molecule has 0 spiro atoms. The molecule has 2 N–H and O–H groups in total. The van der Waals surface area contributed by atoms with Crippen LogP contribution in [-0.2, 0) is 9.53 Å². The third kappa shape index (κ3) is 4.50. The number of aromatic nitrogens is 3. The van der Waals surface area contributed by atoms with E-state index in [1.807, 2.05) is 36.4 Å². The van der Waals surface area contributed by atoms with E-state index < -0.39 is 12.1 Å². The highest BCUT2D eigenvalue weighted by Crippen LogP contribution is 2.31. The number of fused-ring (bicyclic) bond motifs is 1. The van der Waals surface area contributed by atoms with E-state index in [1.165, 1.54) is 6.20 Å². The van der Waals surface area contributed by atoms with Crippen molar-refractivity contribution in [3.05, 3.63) is 88.6 Å². The van der Waals surface area contributed by atoms with Crippen molar-refractivity contribution in [2.75, 3.05) is 36.5 Å². The predicted octanol–water partition coefficient (Wildman–Crippen LogP) is 2.33. The van der Waals surface area contributed by atoms with Gasteiger partial charge in [-0.05, 0) is 23.9 Å². The van der Waals surface area contributed by atoms with Gasteiger partial charge in [-0.2, -0.15) is 5.26 Å². The molecule has 1 atom stereocenters. The minimum absolute atomic E-state index is 0.00287. The minimum Gasteiger partial charge on any atom is -0.402 e. The minimum atomic E-state index is -1.06. The molecule has 0 radical (unpaired) electrons. The molecule has 2 aliphatic heterocycles. The van der Waals surface area contributed by atoms with Crippen molar-refractivity contribution in [1.29, 1.82) is 5.26 Å². The van der Waals surface area contributed by atoms with Crippen LogP contribution in [0.3, 0.4) is 0 Å². The van der Waals surface area contributed by atoms with Crippen LogP contribution in [0.2, 0.25) is 0 Å². The molecule has 3 aromatic rings. The average Bonchev–Trinajstić information content (AvgIpc) is 3.39. The van der Waals surface area contributed by atoms with Gasteiger partial charge in [0.15, 0.2) is 5.69 Å². The zero-order chi connectivity index (χ0) is 25.9. The van der Waals surface area contributed by atoms with E-state index >= 15 is 0 Å². The second-order valence-electron chi connectivity index (χ2n) is 8.49. The van der Waals surface area contributed by atoms with Crippen LogP contribution in [0.5, 0.6) is 0 Å². The standard InChI is InChI=1S/C27H20N8O3/c28-15-17-14-21(35-10-12-37-13-11-35)23(29-16-17)26-33-34-27(38-26)32-24-25(36)30-20-9-5-4-8-19(20)22(31-24)18-6-2-1-3-7-18/h1-4,6-8,14,16,24H,10-13H2,(H,30,36)(H,32,34)/t24-/m1/s1. The van der Waals surface area contributed by atoms with Crippen LogP contribution in [0.4, 0.5) is 11.7 Å². The van der Waals surface area contributed by atoms with Gasteiger partial charge < -0.3 is 24.7 Å². The van der Waals surface area contributed by atoms with E-state index in [4.69, 9.17) is 14.1 Å². The number of benzene rings is 1. The lowest BCUT2D eigenvalue weighted by molar-refractivity contribution is -0.120. The van der Waals surface area contributed by atoms with Crippen molar-refractivity contribution in [3.63, 3.8) is 0 Å². The molecule has 0 unspecified atom stereocenters. The summed E-state index contributed by atoms with van der Waals surface area (Å²) < 4.78 is 11.3. The van der Waals surface area contributed by atoms with Gasteiger partial charge in [-0.1, -0.05) is 41.2 Å². The summed E-state index contributed by atoms with van der Waals surface area (Å²) in [5.41, 5.74) is 10.0. The topological polar surface area (TPSA) is 142 Å². The Labute approximate surface area is 217 Å². The lowest BCUT2D eigenvalue weighted by Crippen LogP contribution is -2.36. The molecule has 2 aromatic heterocycles. The average molecular weight is 505 g/mol. The Balaban J connectivity index is 1.33. The van der Waals surface area contributed by atoms with Crippen LogP contribution >= 0.6 is 0 Å². The largest absolute Gasteiger partial charge is 0.402 e. The molecule has 11 heteroatoms. The van der Waals surface area contributed by atoms with Gasteiger partial charge in [0.25, 0.3) is 11.8 Å². The van der Waals surface area contributed by atoms with Crippen molar-refractivity contribution in [1.82, 2.24) is 20.5 Å². The van der Waals surface area contributed by atoms with Gasteiger partial charge in [-0.15, -0.1) is 5.10 Å². The number of nitriles is 1. The van der Waals surface area contributed by atoms with Gasteiger partial charge in [-0.25, -0.2) is 9.98 Å². The summed E-state index contributed by atoms with van der Waals surface area (Å²) in [6.07, 6.45) is 3.94. The summed E-state index contributed by atoms with van der Waals surface area (Å²) in [4.78, 5) is 24.3. The number of carbonyl (C=O) groups excluding carboxylic acids is 1. The summed E-state index contributed by atoms with van der Waals surface area (Å²) in [5.74, 6) is -0.274. The Kier molecular flexibility index (Phi) is 6.10. The van der Waals surface area contributed by atoms with E-state index in [2.05, 4.69) is 48.2 Å². The fourth-order valence-corrected chi connectivity index (χ4v) is 4.28. The van der Waals surface area contributed by atoms with Crippen LogP contribution in [0, 0.1) is 11.3 Å². The Morgan fingerprint density at radius 2 is 2.03 bits per heavy atom. The van der Waals surface area contributed by atoms with Crippen LogP contribution in [0.15, 0.2) is 86.9 Å². The molecule has 186 valence electrons. The van der Waals surface area contributed by atoms with Gasteiger partial charge in [0.2, 0.25) is 6.17 Å². The summed E-state index contributed by atoms with van der Waals surface area (Å²) >= 11 is 0. The van der Waals surface area contributed by atoms with Crippen molar-refractivity contribution in [3.8, 4) is 17.7 Å². The van der Waals surface area contributed by atoms with E-state index in [1.54, 1.807) is 12.1 Å². The van der Waals surface area contributed by atoms with E-state index in [0.717, 1.165) is 11.1 Å². The number of hydrogen-bond donors (Lipinski definition) is 2. The molecule has 1 saturated heterocycles. The molecule has 1 aliphatic carbocycles. The number of allylic oxidation sites excluding steroid dienone is 3. The maximum absolute atomic E-state index is 13.1. The number of morpholine rings is 1. The number of amides is 1. The number of anilines is 2. The fraction of sp³-hybridized carbons (Fsp3) is 0.185. The number of pyridine rings is 1. The number of carbonyl (C=O) groups is 1. The third-order valence-corrected chi connectivity index (χ3v) is 6.09. The molecular formula is C27H20N8O3. The lowest BCUT2D eigenvalue weighted by atomic mass is 9.98. The van der Waals surface area contributed by atoms with Crippen molar-refractivity contribution in [2.24, 2.45) is 4.99 Å². The molecule has 1 fully saturated rings. The van der Waals surface area contributed by atoms with Crippen LogP contribution in [-0.4, -0.2) is 59.3 Å². The summed E-state index contributed by atoms with van der Waals surface area (Å²) in [6, 6.07) is 13.4. The number of hydrogen-bond acceptors (Lipinski definition) is 10. The molecule has 0 bridgehead atoms. The van der Waals surface area contributed by atoms with E-state index in [9.17, 15) is 10.1 Å². The van der Waals surface area contributed by atoms with Gasteiger partial charge in [0.05, 0.1) is 30.2 Å². The molecule has 4 heterocycles. The second kappa shape index (κ2) is 10.0. The van der Waals surface area contributed by atoms with Crippen LogP contribution in [0.25, 0.3) is 11.6 Å². The smallest absolute Gasteiger partial charge is 0.317 e. The second-order valence-corrected chi connectivity index (χ2v) is 8.49.